The van der Waals surface area contributed by atoms with Gasteiger partial charge in [-0.1, -0.05) is 6.07 Å². The number of esters is 1. The Hall–Kier alpha value is -1.44. The Kier molecular flexibility index (Phi) is 4.97. The van der Waals surface area contributed by atoms with Crippen LogP contribution in [0, 0.1) is 5.92 Å². The number of aliphatic hydroxyl groups excluding tert-OH is 1. The molecule has 0 aromatic heterocycles. The number of carbonyl (C=O) groups is 1. The molecule has 0 bridgehead atoms. The number of benzene rings is 1. The van der Waals surface area contributed by atoms with Crippen LogP contribution >= 0.6 is 0 Å². The number of ether oxygens (including phenoxy) is 1. The minimum absolute atomic E-state index is 0.0890. The second kappa shape index (κ2) is 6.55. The van der Waals surface area contributed by atoms with E-state index in [1.165, 1.54) is 35.7 Å². The van der Waals surface area contributed by atoms with Crippen molar-refractivity contribution in [1.82, 2.24) is 4.31 Å². The van der Waals surface area contributed by atoms with Gasteiger partial charge in [-0.2, -0.15) is 4.31 Å². The van der Waals surface area contributed by atoms with Crippen LogP contribution in [0.3, 0.4) is 0 Å². The topological polar surface area (TPSA) is 83.9 Å². The van der Waals surface area contributed by atoms with Gasteiger partial charge in [-0.15, -0.1) is 0 Å². The first-order chi connectivity index (χ1) is 9.98. The lowest BCUT2D eigenvalue weighted by atomic mass is 10.00. The monoisotopic (exact) mass is 313 g/mol. The summed E-state index contributed by atoms with van der Waals surface area (Å²) in [5.74, 6) is -0.399. The molecule has 1 aliphatic rings. The minimum Gasteiger partial charge on any atom is -0.465 e. The van der Waals surface area contributed by atoms with Gasteiger partial charge >= 0.3 is 5.97 Å². The maximum Gasteiger partial charge on any atom is 0.337 e. The first-order valence-corrected chi connectivity index (χ1v) is 8.22. The third-order valence-corrected chi connectivity index (χ3v) is 5.62. The molecule has 0 saturated carbocycles. The predicted octanol–water partition coefficient (Wildman–Crippen LogP) is 0.866. The van der Waals surface area contributed by atoms with Crippen LogP contribution < -0.4 is 0 Å². The summed E-state index contributed by atoms with van der Waals surface area (Å²) in [6, 6.07) is 5.85. The van der Waals surface area contributed by atoms with Crippen LogP contribution in [-0.4, -0.2) is 50.6 Å². The van der Waals surface area contributed by atoms with E-state index in [0.717, 1.165) is 0 Å². The quantitative estimate of drug-likeness (QED) is 0.834. The number of carbonyl (C=O) groups excluding carboxylic acids is 1. The summed E-state index contributed by atoms with van der Waals surface area (Å²) in [5.41, 5.74) is 0.212. The average Bonchev–Trinajstić information content (AvgIpc) is 2.54. The molecule has 1 aromatic rings. The van der Waals surface area contributed by atoms with Crippen LogP contribution in [0.1, 0.15) is 23.2 Å². The Morgan fingerprint density at radius 2 is 2.05 bits per heavy atom. The summed E-state index contributed by atoms with van der Waals surface area (Å²) in [5, 5.41) is 9.10. The highest BCUT2D eigenvalue weighted by Gasteiger charge is 2.29. The van der Waals surface area contributed by atoms with Gasteiger partial charge in [0.1, 0.15) is 0 Å². The zero-order valence-electron chi connectivity index (χ0n) is 11.9. The highest BCUT2D eigenvalue weighted by atomic mass is 32.2. The van der Waals surface area contributed by atoms with Gasteiger partial charge in [0.15, 0.2) is 0 Å². The average molecular weight is 313 g/mol. The second-order valence-corrected chi connectivity index (χ2v) is 6.99. The molecule has 7 heteroatoms. The fraction of sp³-hybridized carbons (Fsp3) is 0.500. The van der Waals surface area contributed by atoms with Gasteiger partial charge in [0.05, 0.1) is 17.6 Å². The third kappa shape index (κ3) is 3.42. The van der Waals surface area contributed by atoms with Gasteiger partial charge in [-0.25, -0.2) is 13.2 Å². The summed E-state index contributed by atoms with van der Waals surface area (Å²) in [4.78, 5) is 11.6. The van der Waals surface area contributed by atoms with Crippen molar-refractivity contribution >= 4 is 16.0 Å². The largest absolute Gasteiger partial charge is 0.465 e. The predicted molar refractivity (Wildman–Crippen MR) is 76.4 cm³/mol. The molecule has 1 fully saturated rings. The molecule has 1 aromatic carbocycles. The molecule has 0 amide bonds. The molecule has 0 spiro atoms. The number of methoxy groups -OCH3 is 1. The fourth-order valence-corrected chi connectivity index (χ4v) is 3.90. The van der Waals surface area contributed by atoms with E-state index in [1.807, 2.05) is 0 Å². The van der Waals surface area contributed by atoms with Crippen molar-refractivity contribution < 1.29 is 23.1 Å². The van der Waals surface area contributed by atoms with E-state index in [2.05, 4.69) is 4.74 Å². The van der Waals surface area contributed by atoms with Crippen LogP contribution in [0.2, 0.25) is 0 Å². The Labute approximate surface area is 124 Å². The lowest BCUT2D eigenvalue weighted by molar-refractivity contribution is 0.0600. The lowest BCUT2D eigenvalue weighted by Gasteiger charge is -2.30. The van der Waals surface area contributed by atoms with Crippen molar-refractivity contribution in [3.8, 4) is 0 Å². The minimum atomic E-state index is -3.61. The Balaban J connectivity index is 2.22. The first kappa shape index (κ1) is 15.9. The first-order valence-electron chi connectivity index (χ1n) is 6.78. The van der Waals surface area contributed by atoms with Crippen molar-refractivity contribution in [3.05, 3.63) is 29.8 Å². The summed E-state index contributed by atoms with van der Waals surface area (Å²) in [7, 11) is -2.36. The van der Waals surface area contributed by atoms with Crippen LogP contribution in [0.4, 0.5) is 0 Å². The fourth-order valence-electron chi connectivity index (χ4n) is 2.38. The smallest absolute Gasteiger partial charge is 0.337 e. The standard InChI is InChI=1S/C14H19NO5S/c1-20-14(17)12-3-2-4-13(9-12)21(18,19)15-7-5-11(10-16)6-8-15/h2-4,9,11,16H,5-8,10H2,1H3. The number of piperidine rings is 1. The van der Waals surface area contributed by atoms with E-state index in [4.69, 9.17) is 5.11 Å². The van der Waals surface area contributed by atoms with Crippen molar-refractivity contribution in [2.24, 2.45) is 5.92 Å². The number of rotatable bonds is 4. The summed E-state index contributed by atoms with van der Waals surface area (Å²) >= 11 is 0. The molecule has 1 N–H and O–H groups in total. The highest BCUT2D eigenvalue weighted by Crippen LogP contribution is 2.24. The summed E-state index contributed by atoms with van der Waals surface area (Å²) in [6.07, 6.45) is 1.29. The molecular weight excluding hydrogens is 294 g/mol. The van der Waals surface area contributed by atoms with Crippen LogP contribution in [0.5, 0.6) is 0 Å². The normalized spacial score (nSPS) is 17.6. The Bertz CT molecular complexity index is 606. The number of nitrogens with zero attached hydrogens (tertiary/aromatic N) is 1. The molecule has 2 rings (SSSR count). The Morgan fingerprint density at radius 3 is 2.62 bits per heavy atom. The van der Waals surface area contributed by atoms with Crippen LogP contribution in [-0.2, 0) is 14.8 Å². The molecule has 0 aliphatic carbocycles. The van der Waals surface area contributed by atoms with Gasteiger partial charge in [0, 0.05) is 19.7 Å². The number of aliphatic hydroxyl groups is 1. The van der Waals surface area contributed by atoms with Gasteiger partial charge in [0.25, 0.3) is 0 Å². The number of hydrogen-bond acceptors (Lipinski definition) is 5. The molecule has 0 atom stereocenters. The van der Waals surface area contributed by atoms with Gasteiger partial charge < -0.3 is 9.84 Å². The van der Waals surface area contributed by atoms with E-state index in [1.54, 1.807) is 0 Å². The van der Waals surface area contributed by atoms with Gasteiger partial charge in [0.2, 0.25) is 10.0 Å². The van der Waals surface area contributed by atoms with Gasteiger partial charge in [-0.3, -0.25) is 0 Å². The van der Waals surface area contributed by atoms with Crippen LogP contribution in [0.25, 0.3) is 0 Å². The van der Waals surface area contributed by atoms with E-state index < -0.39 is 16.0 Å². The lowest BCUT2D eigenvalue weighted by Crippen LogP contribution is -2.39. The molecule has 0 radical (unpaired) electrons. The molecule has 1 saturated heterocycles. The maximum absolute atomic E-state index is 12.6. The van der Waals surface area contributed by atoms with Crippen molar-refractivity contribution in [2.75, 3.05) is 26.8 Å². The highest BCUT2D eigenvalue weighted by molar-refractivity contribution is 7.89. The molecule has 6 nitrogen and oxygen atoms in total. The molecule has 1 heterocycles. The summed E-state index contributed by atoms with van der Waals surface area (Å²) < 4.78 is 31.1. The zero-order valence-corrected chi connectivity index (χ0v) is 12.7. The molecule has 0 unspecified atom stereocenters. The zero-order chi connectivity index (χ0) is 15.5. The third-order valence-electron chi connectivity index (χ3n) is 3.72. The molecule has 116 valence electrons. The molecular formula is C14H19NO5S. The van der Waals surface area contributed by atoms with E-state index in [9.17, 15) is 13.2 Å². The SMILES string of the molecule is COC(=O)c1cccc(S(=O)(=O)N2CCC(CO)CC2)c1. The van der Waals surface area contributed by atoms with Crippen LogP contribution in [0.15, 0.2) is 29.2 Å². The van der Waals surface area contributed by atoms with E-state index in [-0.39, 0.29) is 23.0 Å². The van der Waals surface area contributed by atoms with Crippen molar-refractivity contribution in [1.29, 1.82) is 0 Å². The molecule has 21 heavy (non-hydrogen) atoms. The van der Waals surface area contributed by atoms with Gasteiger partial charge in [-0.05, 0) is 37.0 Å². The molecule has 1 aliphatic heterocycles. The second-order valence-electron chi connectivity index (χ2n) is 5.05. The van der Waals surface area contributed by atoms with E-state index in [0.29, 0.717) is 25.9 Å². The van der Waals surface area contributed by atoms with Crippen molar-refractivity contribution in [2.45, 2.75) is 17.7 Å². The van der Waals surface area contributed by atoms with E-state index >= 15 is 0 Å². The number of hydrogen-bond donors (Lipinski definition) is 1. The maximum atomic E-state index is 12.6. The summed E-state index contributed by atoms with van der Waals surface area (Å²) in [6.45, 7) is 0.859. The Morgan fingerprint density at radius 1 is 1.38 bits per heavy atom. The number of sulfonamides is 1. The van der Waals surface area contributed by atoms with Crippen molar-refractivity contribution in [3.63, 3.8) is 0 Å².